The standard InChI is InChI=1S/C11H19N/c1-5-7-12-8-6-10(9-12)11(2,3)4/h1,10H,6-9H2,2-4H3. The summed E-state index contributed by atoms with van der Waals surface area (Å²) < 4.78 is 0. The van der Waals surface area contributed by atoms with E-state index in [1.54, 1.807) is 0 Å². The van der Waals surface area contributed by atoms with Gasteiger partial charge in [-0.15, -0.1) is 6.42 Å². The predicted molar refractivity (Wildman–Crippen MR) is 52.8 cm³/mol. The van der Waals surface area contributed by atoms with E-state index in [2.05, 4.69) is 31.6 Å². The van der Waals surface area contributed by atoms with Gasteiger partial charge in [0.15, 0.2) is 0 Å². The van der Waals surface area contributed by atoms with Gasteiger partial charge in [-0.25, -0.2) is 0 Å². The maximum atomic E-state index is 5.27. The van der Waals surface area contributed by atoms with Crippen LogP contribution in [0.2, 0.25) is 0 Å². The molecule has 1 saturated heterocycles. The summed E-state index contributed by atoms with van der Waals surface area (Å²) in [5.74, 6) is 3.53. The van der Waals surface area contributed by atoms with Gasteiger partial charge in [-0.05, 0) is 24.3 Å². The van der Waals surface area contributed by atoms with Crippen LogP contribution in [0.1, 0.15) is 27.2 Å². The Morgan fingerprint density at radius 2 is 2.17 bits per heavy atom. The lowest BCUT2D eigenvalue weighted by molar-refractivity contribution is 0.237. The van der Waals surface area contributed by atoms with Gasteiger partial charge in [-0.2, -0.15) is 0 Å². The van der Waals surface area contributed by atoms with Gasteiger partial charge >= 0.3 is 0 Å². The van der Waals surface area contributed by atoms with Gasteiger partial charge in [0.1, 0.15) is 0 Å². The van der Waals surface area contributed by atoms with Crippen molar-refractivity contribution in [1.29, 1.82) is 0 Å². The van der Waals surface area contributed by atoms with Crippen LogP contribution in [0.15, 0.2) is 0 Å². The SMILES string of the molecule is C#CCN1CCC(C(C)(C)C)C1. The second-order valence-corrected chi connectivity index (χ2v) is 4.79. The summed E-state index contributed by atoms with van der Waals surface area (Å²) in [5.41, 5.74) is 0.448. The predicted octanol–water partition coefficient (Wildman–Crippen LogP) is 1.99. The van der Waals surface area contributed by atoms with Gasteiger partial charge in [0.2, 0.25) is 0 Å². The molecule has 12 heavy (non-hydrogen) atoms. The minimum absolute atomic E-state index is 0.448. The van der Waals surface area contributed by atoms with Crippen molar-refractivity contribution in [2.75, 3.05) is 19.6 Å². The fourth-order valence-corrected chi connectivity index (χ4v) is 1.81. The van der Waals surface area contributed by atoms with Crippen LogP contribution in [0.3, 0.4) is 0 Å². The molecule has 1 heteroatoms. The van der Waals surface area contributed by atoms with Crippen LogP contribution in [0.5, 0.6) is 0 Å². The third-order valence-corrected chi connectivity index (χ3v) is 2.81. The molecule has 0 bridgehead atoms. The van der Waals surface area contributed by atoms with Crippen LogP contribution >= 0.6 is 0 Å². The van der Waals surface area contributed by atoms with Gasteiger partial charge in [0.25, 0.3) is 0 Å². The second-order valence-electron chi connectivity index (χ2n) is 4.79. The van der Waals surface area contributed by atoms with E-state index in [1.165, 1.54) is 19.5 Å². The lowest BCUT2D eigenvalue weighted by Gasteiger charge is -2.26. The summed E-state index contributed by atoms with van der Waals surface area (Å²) in [6, 6.07) is 0. The van der Waals surface area contributed by atoms with Crippen molar-refractivity contribution in [3.63, 3.8) is 0 Å². The van der Waals surface area contributed by atoms with E-state index in [1.807, 2.05) is 0 Å². The molecular weight excluding hydrogens is 146 g/mol. The molecule has 0 aliphatic carbocycles. The summed E-state index contributed by atoms with van der Waals surface area (Å²) in [5, 5.41) is 0. The highest BCUT2D eigenvalue weighted by Crippen LogP contribution is 2.33. The smallest absolute Gasteiger partial charge is 0.0599 e. The first kappa shape index (κ1) is 9.61. The van der Waals surface area contributed by atoms with Crippen LogP contribution in [-0.4, -0.2) is 24.5 Å². The molecule has 1 rings (SSSR count). The van der Waals surface area contributed by atoms with Gasteiger partial charge in [-0.1, -0.05) is 26.7 Å². The fourth-order valence-electron chi connectivity index (χ4n) is 1.81. The Morgan fingerprint density at radius 3 is 2.58 bits per heavy atom. The molecule has 0 aromatic heterocycles. The molecule has 68 valence electrons. The first-order valence-corrected chi connectivity index (χ1v) is 4.70. The Hall–Kier alpha value is -0.480. The van der Waals surface area contributed by atoms with Crippen molar-refractivity contribution in [1.82, 2.24) is 4.90 Å². The van der Waals surface area contributed by atoms with Crippen molar-refractivity contribution >= 4 is 0 Å². The average molecular weight is 165 g/mol. The van der Waals surface area contributed by atoms with Gasteiger partial charge < -0.3 is 0 Å². The number of nitrogens with zero attached hydrogens (tertiary/aromatic N) is 1. The van der Waals surface area contributed by atoms with Crippen molar-refractivity contribution in [2.24, 2.45) is 11.3 Å². The molecule has 0 saturated carbocycles. The number of terminal acetylenes is 1. The maximum absolute atomic E-state index is 5.27. The van der Waals surface area contributed by atoms with Crippen LogP contribution in [0.25, 0.3) is 0 Å². The first-order valence-electron chi connectivity index (χ1n) is 4.70. The van der Waals surface area contributed by atoms with Crippen LogP contribution < -0.4 is 0 Å². The highest BCUT2D eigenvalue weighted by Gasteiger charge is 2.30. The highest BCUT2D eigenvalue weighted by molar-refractivity contribution is 4.92. The Balaban J connectivity index is 2.42. The fraction of sp³-hybridized carbons (Fsp3) is 0.818. The van der Waals surface area contributed by atoms with Gasteiger partial charge in [0, 0.05) is 6.54 Å². The monoisotopic (exact) mass is 165 g/mol. The Labute approximate surface area is 76.1 Å². The van der Waals surface area contributed by atoms with Crippen molar-refractivity contribution in [3.8, 4) is 12.3 Å². The molecule has 1 aliphatic rings. The minimum Gasteiger partial charge on any atom is -0.292 e. The van der Waals surface area contributed by atoms with Crippen molar-refractivity contribution in [3.05, 3.63) is 0 Å². The molecule has 0 aromatic carbocycles. The largest absolute Gasteiger partial charge is 0.292 e. The zero-order valence-corrected chi connectivity index (χ0v) is 8.43. The molecular formula is C11H19N. The molecule has 0 aromatic rings. The molecule has 1 fully saturated rings. The van der Waals surface area contributed by atoms with Crippen molar-refractivity contribution < 1.29 is 0 Å². The minimum atomic E-state index is 0.448. The van der Waals surface area contributed by atoms with E-state index in [0.717, 1.165) is 12.5 Å². The third-order valence-electron chi connectivity index (χ3n) is 2.81. The first-order chi connectivity index (χ1) is 5.54. The third kappa shape index (κ3) is 2.25. The molecule has 0 N–H and O–H groups in total. The average Bonchev–Trinajstić information content (AvgIpc) is 2.35. The highest BCUT2D eigenvalue weighted by atomic mass is 15.1. The molecule has 1 atom stereocenters. The van der Waals surface area contributed by atoms with Crippen LogP contribution in [-0.2, 0) is 0 Å². The summed E-state index contributed by atoms with van der Waals surface area (Å²) in [6.07, 6.45) is 6.58. The maximum Gasteiger partial charge on any atom is 0.0599 e. The van der Waals surface area contributed by atoms with Crippen molar-refractivity contribution in [2.45, 2.75) is 27.2 Å². The van der Waals surface area contributed by atoms with E-state index in [-0.39, 0.29) is 0 Å². The summed E-state index contributed by atoms with van der Waals surface area (Å²) in [6.45, 7) is 10.2. The lowest BCUT2D eigenvalue weighted by Crippen LogP contribution is -2.26. The lowest BCUT2D eigenvalue weighted by atomic mass is 9.80. The molecule has 0 spiro atoms. The zero-order chi connectivity index (χ0) is 9.19. The Bertz CT molecular complexity index is 182. The topological polar surface area (TPSA) is 3.24 Å². The Kier molecular flexibility index (Phi) is 2.80. The quantitative estimate of drug-likeness (QED) is 0.537. The summed E-state index contributed by atoms with van der Waals surface area (Å²) >= 11 is 0. The zero-order valence-electron chi connectivity index (χ0n) is 8.43. The molecule has 0 radical (unpaired) electrons. The summed E-state index contributed by atoms with van der Waals surface area (Å²) in [7, 11) is 0. The summed E-state index contributed by atoms with van der Waals surface area (Å²) in [4.78, 5) is 2.37. The van der Waals surface area contributed by atoms with E-state index in [0.29, 0.717) is 5.41 Å². The Morgan fingerprint density at radius 1 is 1.50 bits per heavy atom. The van der Waals surface area contributed by atoms with Crippen LogP contribution in [0.4, 0.5) is 0 Å². The molecule has 1 unspecified atom stereocenters. The van der Waals surface area contributed by atoms with E-state index < -0.39 is 0 Å². The number of rotatable bonds is 1. The van der Waals surface area contributed by atoms with Gasteiger partial charge in [-0.3, -0.25) is 4.90 Å². The molecule has 1 heterocycles. The molecule has 1 aliphatic heterocycles. The number of hydrogen-bond donors (Lipinski definition) is 0. The number of hydrogen-bond acceptors (Lipinski definition) is 1. The number of likely N-dealkylation sites (tertiary alicyclic amines) is 1. The van der Waals surface area contributed by atoms with E-state index >= 15 is 0 Å². The molecule has 0 amide bonds. The van der Waals surface area contributed by atoms with E-state index in [9.17, 15) is 0 Å². The van der Waals surface area contributed by atoms with E-state index in [4.69, 9.17) is 6.42 Å². The van der Waals surface area contributed by atoms with Gasteiger partial charge in [0.05, 0.1) is 6.54 Å². The second kappa shape index (κ2) is 3.49. The molecule has 1 nitrogen and oxygen atoms in total. The normalized spacial score (nSPS) is 25.7. The van der Waals surface area contributed by atoms with Crippen LogP contribution in [0, 0.1) is 23.7 Å².